The van der Waals surface area contributed by atoms with Gasteiger partial charge >= 0.3 is 0 Å². The van der Waals surface area contributed by atoms with Crippen LogP contribution in [0, 0.1) is 12.8 Å². The third-order valence-electron chi connectivity index (χ3n) is 3.04. The lowest BCUT2D eigenvalue weighted by Gasteiger charge is -2.10. The molecular weight excluding hydrogens is 212 g/mol. The third kappa shape index (κ3) is 4.27. The molecule has 1 aliphatic carbocycles. The molecule has 0 atom stereocenters. The molecule has 0 heterocycles. The Hall–Kier alpha value is -1.22. The Morgan fingerprint density at radius 1 is 1.41 bits per heavy atom. The number of benzene rings is 1. The molecule has 0 spiro atoms. The molecule has 0 amide bonds. The van der Waals surface area contributed by atoms with Crippen LogP contribution in [0.5, 0.6) is 0 Å². The maximum absolute atomic E-state index is 5.92. The van der Waals surface area contributed by atoms with Crippen molar-refractivity contribution in [2.45, 2.75) is 26.2 Å². The summed E-state index contributed by atoms with van der Waals surface area (Å²) in [5.41, 5.74) is 8.96. The fourth-order valence-electron chi connectivity index (χ4n) is 1.77. The van der Waals surface area contributed by atoms with Crippen LogP contribution in [0.1, 0.15) is 24.8 Å². The van der Waals surface area contributed by atoms with E-state index in [4.69, 9.17) is 10.5 Å². The summed E-state index contributed by atoms with van der Waals surface area (Å²) in [5, 5.41) is 3.34. The van der Waals surface area contributed by atoms with Crippen LogP contribution < -0.4 is 11.1 Å². The van der Waals surface area contributed by atoms with Gasteiger partial charge in [-0.15, -0.1) is 0 Å². The number of anilines is 2. The monoisotopic (exact) mass is 234 g/mol. The molecule has 0 saturated heterocycles. The second kappa shape index (κ2) is 5.92. The molecule has 0 bridgehead atoms. The molecule has 1 aromatic carbocycles. The summed E-state index contributed by atoms with van der Waals surface area (Å²) < 4.78 is 5.57. The van der Waals surface area contributed by atoms with E-state index in [2.05, 4.69) is 11.4 Å². The Morgan fingerprint density at radius 2 is 2.24 bits per heavy atom. The summed E-state index contributed by atoms with van der Waals surface area (Å²) >= 11 is 0. The largest absolute Gasteiger partial charge is 0.397 e. The van der Waals surface area contributed by atoms with Crippen LogP contribution in [0.25, 0.3) is 0 Å². The van der Waals surface area contributed by atoms with Gasteiger partial charge in [0.1, 0.15) is 0 Å². The topological polar surface area (TPSA) is 47.3 Å². The molecule has 1 aliphatic rings. The maximum Gasteiger partial charge on any atom is 0.0574 e. The highest BCUT2D eigenvalue weighted by Gasteiger charge is 2.20. The molecule has 2 rings (SSSR count). The van der Waals surface area contributed by atoms with Crippen LogP contribution in [0.4, 0.5) is 11.4 Å². The molecule has 94 valence electrons. The average Bonchev–Trinajstić information content (AvgIpc) is 3.09. The molecular formula is C14H22N2O. The first-order valence-corrected chi connectivity index (χ1v) is 6.43. The van der Waals surface area contributed by atoms with Crippen molar-refractivity contribution >= 4 is 11.4 Å². The van der Waals surface area contributed by atoms with Gasteiger partial charge in [-0.3, -0.25) is 0 Å². The minimum absolute atomic E-state index is 0.823. The lowest BCUT2D eigenvalue weighted by atomic mass is 10.2. The fourth-order valence-corrected chi connectivity index (χ4v) is 1.77. The SMILES string of the molecule is Cc1ccc(NCCCOCC2CC2)c(N)c1. The first-order valence-electron chi connectivity index (χ1n) is 6.43. The Morgan fingerprint density at radius 3 is 2.94 bits per heavy atom. The Bertz CT molecular complexity index is 361. The van der Waals surface area contributed by atoms with Crippen molar-refractivity contribution in [3.8, 4) is 0 Å². The second-order valence-corrected chi connectivity index (χ2v) is 4.89. The fraction of sp³-hybridized carbons (Fsp3) is 0.571. The standard InChI is InChI=1S/C14H22N2O/c1-11-3-6-14(13(15)9-11)16-7-2-8-17-10-12-4-5-12/h3,6,9,12,16H,2,4-5,7-8,10,15H2,1H3. The lowest BCUT2D eigenvalue weighted by molar-refractivity contribution is 0.124. The van der Waals surface area contributed by atoms with Gasteiger partial charge in [0.25, 0.3) is 0 Å². The first-order chi connectivity index (χ1) is 8.25. The van der Waals surface area contributed by atoms with E-state index >= 15 is 0 Å². The zero-order valence-electron chi connectivity index (χ0n) is 10.5. The zero-order chi connectivity index (χ0) is 12.1. The number of hydrogen-bond acceptors (Lipinski definition) is 3. The summed E-state index contributed by atoms with van der Waals surface area (Å²) in [5.74, 6) is 0.857. The van der Waals surface area contributed by atoms with Crippen molar-refractivity contribution in [3.05, 3.63) is 23.8 Å². The summed E-state index contributed by atoms with van der Waals surface area (Å²) in [6, 6.07) is 6.10. The van der Waals surface area contributed by atoms with Crippen LogP contribution in [0.3, 0.4) is 0 Å². The number of nitrogens with one attached hydrogen (secondary N) is 1. The first kappa shape index (κ1) is 12.2. The number of ether oxygens (including phenoxy) is 1. The van der Waals surface area contributed by atoms with Gasteiger partial charge in [0.05, 0.1) is 11.4 Å². The van der Waals surface area contributed by atoms with Crippen LogP contribution in [-0.2, 0) is 4.74 Å². The van der Waals surface area contributed by atoms with Crippen molar-refractivity contribution in [1.29, 1.82) is 0 Å². The highest BCUT2D eigenvalue weighted by molar-refractivity contribution is 5.66. The van der Waals surface area contributed by atoms with E-state index in [1.165, 1.54) is 18.4 Å². The van der Waals surface area contributed by atoms with E-state index in [0.717, 1.165) is 43.5 Å². The molecule has 3 heteroatoms. The van der Waals surface area contributed by atoms with Gasteiger partial charge < -0.3 is 15.8 Å². The highest BCUT2D eigenvalue weighted by Crippen LogP contribution is 2.28. The minimum Gasteiger partial charge on any atom is -0.397 e. The van der Waals surface area contributed by atoms with Crippen molar-refractivity contribution in [1.82, 2.24) is 0 Å². The van der Waals surface area contributed by atoms with Crippen LogP contribution in [-0.4, -0.2) is 19.8 Å². The van der Waals surface area contributed by atoms with E-state index in [1.54, 1.807) is 0 Å². The predicted molar refractivity (Wildman–Crippen MR) is 72.2 cm³/mol. The third-order valence-corrected chi connectivity index (χ3v) is 3.04. The van der Waals surface area contributed by atoms with E-state index in [1.807, 2.05) is 19.1 Å². The molecule has 3 N–H and O–H groups in total. The molecule has 1 fully saturated rings. The molecule has 0 aliphatic heterocycles. The summed E-state index contributed by atoms with van der Waals surface area (Å²) in [7, 11) is 0. The minimum atomic E-state index is 0.823. The van der Waals surface area contributed by atoms with Crippen molar-refractivity contribution < 1.29 is 4.74 Å². The van der Waals surface area contributed by atoms with Gasteiger partial charge in [-0.1, -0.05) is 6.07 Å². The maximum atomic E-state index is 5.92. The van der Waals surface area contributed by atoms with E-state index in [-0.39, 0.29) is 0 Å². The van der Waals surface area contributed by atoms with Crippen molar-refractivity contribution in [2.24, 2.45) is 5.92 Å². The molecule has 0 aromatic heterocycles. The summed E-state index contributed by atoms with van der Waals surface area (Å²) in [4.78, 5) is 0. The van der Waals surface area contributed by atoms with Crippen LogP contribution in [0.15, 0.2) is 18.2 Å². The van der Waals surface area contributed by atoms with Gasteiger partial charge in [-0.05, 0) is 49.8 Å². The number of nitrogen functional groups attached to an aromatic ring is 1. The smallest absolute Gasteiger partial charge is 0.0574 e. The van der Waals surface area contributed by atoms with Gasteiger partial charge in [-0.2, -0.15) is 0 Å². The van der Waals surface area contributed by atoms with Gasteiger partial charge in [0.2, 0.25) is 0 Å². The summed E-state index contributed by atoms with van der Waals surface area (Å²) in [6.07, 6.45) is 3.75. The quantitative estimate of drug-likeness (QED) is 0.563. The highest BCUT2D eigenvalue weighted by atomic mass is 16.5. The Balaban J connectivity index is 1.60. The molecule has 0 radical (unpaired) electrons. The molecule has 3 nitrogen and oxygen atoms in total. The van der Waals surface area contributed by atoms with E-state index in [9.17, 15) is 0 Å². The van der Waals surface area contributed by atoms with Gasteiger partial charge in [0, 0.05) is 19.8 Å². The lowest BCUT2D eigenvalue weighted by Crippen LogP contribution is -2.08. The average molecular weight is 234 g/mol. The zero-order valence-corrected chi connectivity index (χ0v) is 10.5. The van der Waals surface area contributed by atoms with Crippen LogP contribution in [0.2, 0.25) is 0 Å². The number of hydrogen-bond donors (Lipinski definition) is 2. The number of aryl methyl sites for hydroxylation is 1. The van der Waals surface area contributed by atoms with E-state index < -0.39 is 0 Å². The Labute approximate surface area is 103 Å². The number of nitrogens with two attached hydrogens (primary N) is 1. The molecule has 0 unspecified atom stereocenters. The van der Waals surface area contributed by atoms with Crippen molar-refractivity contribution in [2.75, 3.05) is 30.8 Å². The predicted octanol–water partition coefficient (Wildman–Crippen LogP) is 2.81. The number of rotatable bonds is 7. The van der Waals surface area contributed by atoms with Crippen LogP contribution >= 0.6 is 0 Å². The second-order valence-electron chi connectivity index (χ2n) is 4.89. The Kier molecular flexibility index (Phi) is 4.26. The van der Waals surface area contributed by atoms with Gasteiger partial charge in [-0.25, -0.2) is 0 Å². The molecule has 17 heavy (non-hydrogen) atoms. The molecule has 1 aromatic rings. The van der Waals surface area contributed by atoms with Crippen molar-refractivity contribution in [3.63, 3.8) is 0 Å². The van der Waals surface area contributed by atoms with Gasteiger partial charge in [0.15, 0.2) is 0 Å². The summed E-state index contributed by atoms with van der Waals surface area (Å²) in [6.45, 7) is 4.76. The normalized spacial score (nSPS) is 14.9. The van der Waals surface area contributed by atoms with E-state index in [0.29, 0.717) is 0 Å². The molecule has 1 saturated carbocycles.